The second kappa shape index (κ2) is 4.72. The fourth-order valence-corrected chi connectivity index (χ4v) is 2.74. The van der Waals surface area contributed by atoms with Gasteiger partial charge in [-0.3, -0.25) is 4.79 Å². The minimum atomic E-state index is -0.265. The molecule has 1 saturated carbocycles. The van der Waals surface area contributed by atoms with Gasteiger partial charge >= 0.3 is 0 Å². The molecule has 15 heavy (non-hydrogen) atoms. The number of amides is 1. The van der Waals surface area contributed by atoms with Crippen LogP contribution in [0.25, 0.3) is 0 Å². The van der Waals surface area contributed by atoms with Crippen LogP contribution < -0.4 is 10.6 Å². The van der Waals surface area contributed by atoms with Crippen LogP contribution in [0.4, 0.5) is 0 Å². The Labute approximate surface area is 94.2 Å². The van der Waals surface area contributed by atoms with Gasteiger partial charge in [-0.25, -0.2) is 0 Å². The average molecular weight is 230 g/mol. The van der Waals surface area contributed by atoms with Crippen molar-refractivity contribution in [3.05, 3.63) is 0 Å². The number of carbonyl (C=O) groups is 1. The van der Waals surface area contributed by atoms with E-state index in [4.69, 9.17) is 5.11 Å². The van der Waals surface area contributed by atoms with Crippen LogP contribution in [0.2, 0.25) is 0 Å². The van der Waals surface area contributed by atoms with Gasteiger partial charge in [0.1, 0.15) is 0 Å². The van der Waals surface area contributed by atoms with Crippen molar-refractivity contribution >= 4 is 17.7 Å². The molecule has 4 nitrogen and oxygen atoms in total. The number of aliphatic hydroxyl groups excluding tert-OH is 1. The number of rotatable bonds is 4. The molecule has 0 aromatic carbocycles. The molecule has 0 aromatic rings. The number of thioether (sulfide) groups is 1. The van der Waals surface area contributed by atoms with Crippen LogP contribution in [-0.2, 0) is 4.79 Å². The SMILES string of the molecule is O=C(CC1CSCCN1)NC1(CO)CC1. The summed E-state index contributed by atoms with van der Waals surface area (Å²) >= 11 is 1.89. The molecule has 2 rings (SSSR count). The summed E-state index contributed by atoms with van der Waals surface area (Å²) in [5.74, 6) is 2.22. The van der Waals surface area contributed by atoms with Gasteiger partial charge in [-0.15, -0.1) is 0 Å². The maximum Gasteiger partial charge on any atom is 0.222 e. The molecular formula is C10H18N2O2S. The van der Waals surface area contributed by atoms with E-state index in [1.165, 1.54) is 0 Å². The number of nitrogens with one attached hydrogen (secondary N) is 2. The summed E-state index contributed by atoms with van der Waals surface area (Å²) in [6.45, 7) is 1.07. The number of carbonyl (C=O) groups excluding carboxylic acids is 1. The molecule has 2 fully saturated rings. The Balaban J connectivity index is 1.72. The highest BCUT2D eigenvalue weighted by Crippen LogP contribution is 2.34. The third-order valence-corrected chi connectivity index (χ3v) is 4.12. The first-order valence-corrected chi connectivity index (χ1v) is 6.63. The van der Waals surface area contributed by atoms with Gasteiger partial charge in [-0.05, 0) is 12.8 Å². The van der Waals surface area contributed by atoms with E-state index < -0.39 is 0 Å². The monoisotopic (exact) mass is 230 g/mol. The molecular weight excluding hydrogens is 212 g/mol. The van der Waals surface area contributed by atoms with Crippen LogP contribution in [0.15, 0.2) is 0 Å². The average Bonchev–Trinajstić information content (AvgIpc) is 3.00. The van der Waals surface area contributed by atoms with Crippen molar-refractivity contribution in [1.82, 2.24) is 10.6 Å². The summed E-state index contributed by atoms with van der Waals surface area (Å²) in [5.41, 5.74) is -0.265. The van der Waals surface area contributed by atoms with Gasteiger partial charge < -0.3 is 15.7 Å². The lowest BCUT2D eigenvalue weighted by Crippen LogP contribution is -2.45. The fourth-order valence-electron chi connectivity index (χ4n) is 1.79. The molecule has 2 aliphatic rings. The Bertz CT molecular complexity index is 238. The number of hydrogen-bond acceptors (Lipinski definition) is 4. The standard InChI is InChI=1S/C10H18N2O2S/c13-7-10(1-2-10)12-9(14)5-8-6-15-4-3-11-8/h8,11,13H,1-7H2,(H,12,14). The molecule has 0 bridgehead atoms. The summed E-state index contributed by atoms with van der Waals surface area (Å²) in [5, 5.41) is 15.3. The maximum atomic E-state index is 11.7. The molecule has 3 N–H and O–H groups in total. The summed E-state index contributed by atoms with van der Waals surface area (Å²) in [6, 6.07) is 0.304. The number of aliphatic hydroxyl groups is 1. The molecule has 1 atom stereocenters. The summed E-state index contributed by atoms with van der Waals surface area (Å²) in [6.07, 6.45) is 2.37. The zero-order chi connectivity index (χ0) is 10.7. The first-order valence-electron chi connectivity index (χ1n) is 5.47. The van der Waals surface area contributed by atoms with Gasteiger partial charge in [0.05, 0.1) is 12.1 Å². The van der Waals surface area contributed by atoms with Crippen molar-refractivity contribution in [3.8, 4) is 0 Å². The van der Waals surface area contributed by atoms with Crippen molar-refractivity contribution in [2.45, 2.75) is 30.8 Å². The van der Waals surface area contributed by atoms with Crippen LogP contribution in [0.3, 0.4) is 0 Å². The van der Waals surface area contributed by atoms with Crippen LogP contribution >= 0.6 is 11.8 Å². The molecule has 86 valence electrons. The van der Waals surface area contributed by atoms with E-state index in [1.54, 1.807) is 0 Å². The van der Waals surface area contributed by atoms with Gasteiger partial charge in [0.15, 0.2) is 0 Å². The first kappa shape index (κ1) is 11.2. The molecule has 1 aliphatic carbocycles. The third kappa shape index (κ3) is 3.09. The molecule has 1 aliphatic heterocycles. The van der Waals surface area contributed by atoms with E-state index in [9.17, 15) is 4.79 Å². The Hall–Kier alpha value is -0.260. The van der Waals surface area contributed by atoms with Gasteiger partial charge in [0.2, 0.25) is 5.91 Å². The Morgan fingerprint density at radius 2 is 2.40 bits per heavy atom. The van der Waals surface area contributed by atoms with Crippen LogP contribution in [0.1, 0.15) is 19.3 Å². The van der Waals surface area contributed by atoms with E-state index in [1.807, 2.05) is 11.8 Å². The van der Waals surface area contributed by atoms with Gasteiger partial charge in [0.25, 0.3) is 0 Å². The quantitative estimate of drug-likeness (QED) is 0.622. The van der Waals surface area contributed by atoms with Crippen LogP contribution in [-0.4, -0.2) is 47.3 Å². The van der Waals surface area contributed by atoms with Gasteiger partial charge in [0, 0.05) is 30.5 Å². The lowest BCUT2D eigenvalue weighted by atomic mass is 10.2. The fraction of sp³-hybridized carbons (Fsp3) is 0.900. The van der Waals surface area contributed by atoms with E-state index in [0.717, 1.165) is 30.9 Å². The zero-order valence-electron chi connectivity index (χ0n) is 8.79. The second-order valence-electron chi connectivity index (χ2n) is 4.42. The Morgan fingerprint density at radius 1 is 1.60 bits per heavy atom. The normalized spacial score (nSPS) is 28.5. The first-order chi connectivity index (χ1) is 7.24. The largest absolute Gasteiger partial charge is 0.394 e. The van der Waals surface area contributed by atoms with E-state index in [0.29, 0.717) is 12.5 Å². The smallest absolute Gasteiger partial charge is 0.222 e. The molecule has 1 unspecified atom stereocenters. The lowest BCUT2D eigenvalue weighted by Gasteiger charge is -2.23. The second-order valence-corrected chi connectivity index (χ2v) is 5.57. The molecule has 0 aromatic heterocycles. The lowest BCUT2D eigenvalue weighted by molar-refractivity contribution is -0.122. The van der Waals surface area contributed by atoms with E-state index in [-0.39, 0.29) is 18.1 Å². The Kier molecular flexibility index (Phi) is 3.53. The predicted octanol–water partition coefficient (Wildman–Crippen LogP) is -0.277. The van der Waals surface area contributed by atoms with Gasteiger partial charge in [-0.2, -0.15) is 11.8 Å². The third-order valence-electron chi connectivity index (χ3n) is 2.99. The molecule has 1 amide bonds. The summed E-state index contributed by atoms with van der Waals surface area (Å²) in [7, 11) is 0. The predicted molar refractivity (Wildman–Crippen MR) is 60.9 cm³/mol. The van der Waals surface area contributed by atoms with Crippen molar-refractivity contribution in [1.29, 1.82) is 0 Å². The van der Waals surface area contributed by atoms with Crippen LogP contribution in [0.5, 0.6) is 0 Å². The minimum absolute atomic E-state index is 0.0709. The van der Waals surface area contributed by atoms with E-state index >= 15 is 0 Å². The van der Waals surface area contributed by atoms with Crippen molar-refractivity contribution < 1.29 is 9.90 Å². The summed E-state index contributed by atoms with van der Waals surface area (Å²) < 4.78 is 0. The topological polar surface area (TPSA) is 61.4 Å². The highest BCUT2D eigenvalue weighted by Gasteiger charge is 2.43. The number of hydrogen-bond donors (Lipinski definition) is 3. The Morgan fingerprint density at radius 3 is 2.93 bits per heavy atom. The minimum Gasteiger partial charge on any atom is -0.394 e. The molecule has 5 heteroatoms. The maximum absolute atomic E-state index is 11.7. The van der Waals surface area contributed by atoms with Crippen LogP contribution in [0, 0.1) is 0 Å². The molecule has 0 radical (unpaired) electrons. The highest BCUT2D eigenvalue weighted by molar-refractivity contribution is 7.99. The summed E-state index contributed by atoms with van der Waals surface area (Å²) in [4.78, 5) is 11.7. The molecule has 1 saturated heterocycles. The van der Waals surface area contributed by atoms with Crippen molar-refractivity contribution in [2.24, 2.45) is 0 Å². The molecule has 1 heterocycles. The van der Waals surface area contributed by atoms with Crippen molar-refractivity contribution in [3.63, 3.8) is 0 Å². The zero-order valence-corrected chi connectivity index (χ0v) is 9.61. The molecule has 0 spiro atoms. The van der Waals surface area contributed by atoms with Gasteiger partial charge in [-0.1, -0.05) is 0 Å². The van der Waals surface area contributed by atoms with Crippen molar-refractivity contribution in [2.75, 3.05) is 24.7 Å². The van der Waals surface area contributed by atoms with E-state index in [2.05, 4.69) is 10.6 Å². The highest BCUT2D eigenvalue weighted by atomic mass is 32.2.